The molecule has 0 heterocycles. The minimum Gasteiger partial charge on any atom is -0.483 e. The highest BCUT2D eigenvalue weighted by Gasteiger charge is 2.29. The van der Waals surface area contributed by atoms with Gasteiger partial charge in [0.05, 0.1) is 4.90 Å². The van der Waals surface area contributed by atoms with E-state index in [-0.39, 0.29) is 18.0 Å². The lowest BCUT2D eigenvalue weighted by molar-refractivity contribution is -0.123. The van der Waals surface area contributed by atoms with Crippen LogP contribution in [0.5, 0.6) is 5.75 Å². The van der Waals surface area contributed by atoms with E-state index < -0.39 is 26.8 Å². The molecule has 5 nitrogen and oxygen atoms in total. The van der Waals surface area contributed by atoms with Crippen molar-refractivity contribution in [3.05, 3.63) is 95.3 Å². The van der Waals surface area contributed by atoms with E-state index in [1.54, 1.807) is 36.4 Å². The lowest BCUT2D eigenvalue weighted by Gasteiger charge is -2.19. The van der Waals surface area contributed by atoms with E-state index in [0.717, 1.165) is 23.3 Å². The molecule has 1 N–H and O–H groups in total. The topological polar surface area (TPSA) is 72.5 Å². The van der Waals surface area contributed by atoms with Gasteiger partial charge in [-0.25, -0.2) is 12.8 Å². The van der Waals surface area contributed by atoms with Crippen LogP contribution in [0.3, 0.4) is 0 Å². The smallest absolute Gasteiger partial charge is 0.257 e. The number of carbonyl (C=O) groups is 1. The van der Waals surface area contributed by atoms with Crippen LogP contribution in [-0.4, -0.2) is 27.5 Å². The Labute approximate surface area is 181 Å². The van der Waals surface area contributed by atoms with Crippen molar-refractivity contribution < 1.29 is 22.3 Å². The van der Waals surface area contributed by atoms with Crippen LogP contribution in [0.1, 0.15) is 21.9 Å². The predicted molar refractivity (Wildman–Crippen MR) is 117 cm³/mol. The summed E-state index contributed by atoms with van der Waals surface area (Å²) in [5.41, 5.74) is 2.52. The van der Waals surface area contributed by atoms with Crippen LogP contribution in [0.25, 0.3) is 0 Å². The van der Waals surface area contributed by atoms with E-state index in [0.29, 0.717) is 11.3 Å². The molecule has 0 saturated carbocycles. The van der Waals surface area contributed by atoms with Crippen molar-refractivity contribution in [3.63, 3.8) is 0 Å². The van der Waals surface area contributed by atoms with Crippen molar-refractivity contribution in [2.45, 2.75) is 24.0 Å². The molecule has 3 aromatic rings. The lowest BCUT2D eigenvalue weighted by atomic mass is 10.1. The molecule has 0 saturated heterocycles. The molecule has 162 valence electrons. The third kappa shape index (κ3) is 5.49. The summed E-state index contributed by atoms with van der Waals surface area (Å²) in [7, 11) is -3.87. The Morgan fingerprint density at radius 2 is 1.65 bits per heavy atom. The number of halogens is 1. The van der Waals surface area contributed by atoms with Crippen molar-refractivity contribution in [2.75, 3.05) is 13.2 Å². The first kappa shape index (κ1) is 22.5. The number of rotatable bonds is 8. The van der Waals surface area contributed by atoms with E-state index in [1.807, 2.05) is 26.0 Å². The fourth-order valence-corrected chi connectivity index (χ4v) is 4.81. The second-order valence-corrected chi connectivity index (χ2v) is 9.32. The number of sulfone groups is 1. The first-order valence-electron chi connectivity index (χ1n) is 9.79. The Kier molecular flexibility index (Phi) is 7.07. The number of ether oxygens (including phenoxy) is 1. The van der Waals surface area contributed by atoms with Crippen LogP contribution in [-0.2, 0) is 14.6 Å². The number of hydrogen-bond donors (Lipinski definition) is 1. The van der Waals surface area contributed by atoms with Gasteiger partial charge in [-0.15, -0.1) is 0 Å². The number of aryl methyl sites for hydroxylation is 1. The second-order valence-electron chi connectivity index (χ2n) is 7.19. The molecule has 0 aliphatic carbocycles. The van der Waals surface area contributed by atoms with Crippen LogP contribution in [0.4, 0.5) is 4.39 Å². The zero-order valence-electron chi connectivity index (χ0n) is 17.3. The summed E-state index contributed by atoms with van der Waals surface area (Å²) in [4.78, 5) is 12.4. The summed E-state index contributed by atoms with van der Waals surface area (Å²) in [6.07, 6.45) is 0. The summed E-state index contributed by atoms with van der Waals surface area (Å²) in [6, 6.07) is 18.8. The lowest BCUT2D eigenvalue weighted by Crippen LogP contribution is -2.35. The monoisotopic (exact) mass is 441 g/mol. The molecule has 1 unspecified atom stereocenters. The molecular weight excluding hydrogens is 417 g/mol. The number of carbonyl (C=O) groups excluding carboxylic acids is 1. The van der Waals surface area contributed by atoms with Crippen LogP contribution in [0.2, 0.25) is 0 Å². The Bertz CT molecular complexity index is 1150. The molecule has 0 aliphatic heterocycles. The quantitative estimate of drug-likeness (QED) is 0.533. The zero-order valence-corrected chi connectivity index (χ0v) is 18.2. The van der Waals surface area contributed by atoms with E-state index >= 15 is 0 Å². The molecule has 3 rings (SSSR count). The highest BCUT2D eigenvalue weighted by atomic mass is 32.2. The zero-order chi connectivity index (χ0) is 22.4. The van der Waals surface area contributed by atoms with Gasteiger partial charge in [0.2, 0.25) is 0 Å². The second kappa shape index (κ2) is 9.75. The molecule has 3 aromatic carbocycles. The summed E-state index contributed by atoms with van der Waals surface area (Å²) in [6.45, 7) is 3.48. The Morgan fingerprint density at radius 1 is 0.968 bits per heavy atom. The van der Waals surface area contributed by atoms with Crippen molar-refractivity contribution in [1.29, 1.82) is 0 Å². The van der Waals surface area contributed by atoms with Gasteiger partial charge in [-0.05, 0) is 60.9 Å². The molecule has 0 spiro atoms. The SMILES string of the molecule is Cc1cccc(OCC(=O)NCC(c2ccccc2)S(=O)(=O)c2ccc(F)cc2)c1C. The van der Waals surface area contributed by atoms with E-state index in [2.05, 4.69) is 5.32 Å². The van der Waals surface area contributed by atoms with Gasteiger partial charge in [-0.2, -0.15) is 0 Å². The number of benzene rings is 3. The van der Waals surface area contributed by atoms with Gasteiger partial charge in [0.15, 0.2) is 16.4 Å². The normalized spacial score (nSPS) is 12.2. The molecule has 1 amide bonds. The van der Waals surface area contributed by atoms with Crippen LogP contribution >= 0.6 is 0 Å². The number of amides is 1. The fraction of sp³-hybridized carbons (Fsp3) is 0.208. The molecule has 1 atom stereocenters. The van der Waals surface area contributed by atoms with Crippen molar-refractivity contribution >= 4 is 15.7 Å². The van der Waals surface area contributed by atoms with Gasteiger partial charge >= 0.3 is 0 Å². The summed E-state index contributed by atoms with van der Waals surface area (Å²) in [5, 5.41) is 1.63. The average Bonchev–Trinajstić information content (AvgIpc) is 2.76. The van der Waals surface area contributed by atoms with E-state index in [9.17, 15) is 17.6 Å². The highest BCUT2D eigenvalue weighted by molar-refractivity contribution is 7.91. The fourth-order valence-electron chi connectivity index (χ4n) is 3.14. The van der Waals surface area contributed by atoms with Crippen molar-refractivity contribution in [2.24, 2.45) is 0 Å². The minimum atomic E-state index is -3.87. The number of nitrogens with one attached hydrogen (secondary N) is 1. The van der Waals surface area contributed by atoms with E-state index in [4.69, 9.17) is 4.74 Å². The van der Waals surface area contributed by atoms with Crippen LogP contribution in [0, 0.1) is 19.7 Å². The Balaban J connectivity index is 1.74. The van der Waals surface area contributed by atoms with Gasteiger partial charge in [-0.3, -0.25) is 4.79 Å². The molecule has 0 bridgehead atoms. The predicted octanol–water partition coefficient (Wildman–Crippen LogP) is 4.15. The summed E-state index contributed by atoms with van der Waals surface area (Å²) < 4.78 is 45.3. The molecule has 0 aromatic heterocycles. The maximum Gasteiger partial charge on any atom is 0.257 e. The third-order valence-electron chi connectivity index (χ3n) is 5.09. The Hall–Kier alpha value is -3.19. The van der Waals surface area contributed by atoms with Gasteiger partial charge in [0.25, 0.3) is 5.91 Å². The molecule has 0 fully saturated rings. The van der Waals surface area contributed by atoms with Gasteiger partial charge in [0, 0.05) is 6.54 Å². The van der Waals surface area contributed by atoms with Gasteiger partial charge in [-0.1, -0.05) is 42.5 Å². The molecule has 0 radical (unpaired) electrons. The van der Waals surface area contributed by atoms with Crippen molar-refractivity contribution in [1.82, 2.24) is 5.32 Å². The number of hydrogen-bond acceptors (Lipinski definition) is 4. The molecule has 7 heteroatoms. The largest absolute Gasteiger partial charge is 0.483 e. The average molecular weight is 442 g/mol. The van der Waals surface area contributed by atoms with Gasteiger partial charge < -0.3 is 10.1 Å². The van der Waals surface area contributed by atoms with Gasteiger partial charge in [0.1, 0.15) is 16.8 Å². The molecular formula is C24H24FNO4S. The maximum atomic E-state index is 13.3. The first-order chi connectivity index (χ1) is 14.8. The molecule has 0 aliphatic rings. The minimum absolute atomic E-state index is 0.0105. The van der Waals surface area contributed by atoms with Crippen molar-refractivity contribution in [3.8, 4) is 5.75 Å². The molecule has 31 heavy (non-hydrogen) atoms. The third-order valence-corrected chi connectivity index (χ3v) is 7.20. The standard InChI is InChI=1S/C24H24FNO4S/c1-17-7-6-10-22(18(17)2)30-16-24(27)26-15-23(19-8-4-3-5-9-19)31(28,29)21-13-11-20(25)12-14-21/h3-14,23H,15-16H2,1-2H3,(H,26,27). The summed E-state index contributed by atoms with van der Waals surface area (Å²) >= 11 is 0. The summed E-state index contributed by atoms with van der Waals surface area (Å²) in [5.74, 6) is -0.350. The van der Waals surface area contributed by atoms with Crippen LogP contribution in [0.15, 0.2) is 77.7 Å². The van der Waals surface area contributed by atoms with E-state index in [1.165, 1.54) is 12.1 Å². The Morgan fingerprint density at radius 3 is 2.32 bits per heavy atom. The van der Waals surface area contributed by atoms with Crippen LogP contribution < -0.4 is 10.1 Å². The maximum absolute atomic E-state index is 13.3. The highest BCUT2D eigenvalue weighted by Crippen LogP contribution is 2.28. The first-order valence-corrected chi connectivity index (χ1v) is 11.3.